The van der Waals surface area contributed by atoms with Crippen LogP contribution in [0, 0.1) is 12.7 Å². The first-order valence-corrected chi connectivity index (χ1v) is 5.26. The van der Waals surface area contributed by atoms with Gasteiger partial charge in [-0.15, -0.1) is 0 Å². The molecule has 0 aliphatic carbocycles. The van der Waals surface area contributed by atoms with Crippen LogP contribution in [-0.4, -0.2) is 19.4 Å². The number of rotatable bonds is 1. The van der Waals surface area contributed by atoms with E-state index in [0.29, 0.717) is 0 Å². The zero-order valence-electron chi connectivity index (χ0n) is 8.87. The van der Waals surface area contributed by atoms with Crippen LogP contribution in [0.1, 0.15) is 11.1 Å². The second kappa shape index (κ2) is 3.85. The van der Waals surface area contributed by atoms with Gasteiger partial charge in [0.05, 0.1) is 13.2 Å². The Labute approximate surface area is 100 Å². The first-order chi connectivity index (χ1) is 7.78. The first kappa shape index (κ1) is 12.6. The Hall–Kier alpha value is -0.810. The molecule has 0 bridgehead atoms. The number of halogens is 5. The highest BCUT2D eigenvalue weighted by atomic mass is 35.5. The molecule has 0 atom stereocenters. The van der Waals surface area contributed by atoms with Crippen LogP contribution < -0.4 is 0 Å². The molecule has 17 heavy (non-hydrogen) atoms. The summed E-state index contributed by atoms with van der Waals surface area (Å²) in [6.07, 6.45) is -4.50. The Morgan fingerprint density at radius 3 is 2.29 bits per heavy atom. The lowest BCUT2D eigenvalue weighted by atomic mass is 9.77. The van der Waals surface area contributed by atoms with E-state index >= 15 is 0 Å². The van der Waals surface area contributed by atoms with Crippen molar-refractivity contribution in [3.8, 4) is 0 Å². The average Bonchev–Trinajstić information content (AvgIpc) is 2.09. The molecule has 0 N–H and O–H groups in total. The van der Waals surface area contributed by atoms with Crippen molar-refractivity contribution in [2.45, 2.75) is 18.5 Å². The molecule has 0 saturated carbocycles. The first-order valence-electron chi connectivity index (χ1n) is 4.88. The minimum Gasteiger partial charge on any atom is -0.379 e. The number of hydrogen-bond acceptors (Lipinski definition) is 1. The van der Waals surface area contributed by atoms with Gasteiger partial charge in [0, 0.05) is 5.02 Å². The van der Waals surface area contributed by atoms with Gasteiger partial charge in [-0.1, -0.05) is 11.6 Å². The van der Waals surface area contributed by atoms with Gasteiger partial charge >= 0.3 is 6.18 Å². The van der Waals surface area contributed by atoms with Gasteiger partial charge in [0.1, 0.15) is 11.2 Å². The van der Waals surface area contributed by atoms with Crippen LogP contribution in [0.5, 0.6) is 0 Å². The third kappa shape index (κ3) is 1.81. The standard InChI is InChI=1S/C11H9ClF4O/c1-6-2-8(12)7(3-9(6)13)10(4-17-5-10)11(14,15)16/h2-3H,4-5H2,1H3. The summed E-state index contributed by atoms with van der Waals surface area (Å²) in [5, 5.41) is -0.0791. The number of aryl methyl sites for hydroxylation is 1. The number of hydrogen-bond donors (Lipinski definition) is 0. The van der Waals surface area contributed by atoms with Gasteiger partial charge in [0.15, 0.2) is 0 Å². The monoisotopic (exact) mass is 268 g/mol. The molecule has 1 aliphatic rings. The largest absolute Gasteiger partial charge is 0.402 e. The lowest BCUT2D eigenvalue weighted by Crippen LogP contribution is -2.57. The van der Waals surface area contributed by atoms with E-state index in [1.54, 1.807) is 0 Å². The summed E-state index contributed by atoms with van der Waals surface area (Å²) in [4.78, 5) is 0. The van der Waals surface area contributed by atoms with Gasteiger partial charge < -0.3 is 4.74 Å². The van der Waals surface area contributed by atoms with Crippen molar-refractivity contribution in [1.29, 1.82) is 0 Å². The third-order valence-corrected chi connectivity index (χ3v) is 3.32. The van der Waals surface area contributed by atoms with Crippen LogP contribution in [-0.2, 0) is 10.2 Å². The molecule has 0 radical (unpaired) electrons. The van der Waals surface area contributed by atoms with E-state index < -0.39 is 30.6 Å². The van der Waals surface area contributed by atoms with Gasteiger partial charge in [0.2, 0.25) is 0 Å². The maximum Gasteiger partial charge on any atom is 0.402 e. The Morgan fingerprint density at radius 2 is 1.88 bits per heavy atom. The second-order valence-electron chi connectivity index (χ2n) is 4.15. The van der Waals surface area contributed by atoms with Crippen molar-refractivity contribution in [3.05, 3.63) is 34.1 Å². The Kier molecular flexibility index (Phi) is 2.86. The Bertz CT molecular complexity index is 452. The van der Waals surface area contributed by atoms with Crippen LogP contribution in [0.25, 0.3) is 0 Å². The summed E-state index contributed by atoms with van der Waals surface area (Å²) in [5.41, 5.74) is -2.20. The maximum atomic E-state index is 13.4. The normalized spacial score (nSPS) is 18.9. The molecule has 0 amide bonds. The Morgan fingerprint density at radius 1 is 1.29 bits per heavy atom. The molecule has 94 valence electrons. The summed E-state index contributed by atoms with van der Waals surface area (Å²) in [7, 11) is 0. The lowest BCUT2D eigenvalue weighted by Gasteiger charge is -2.43. The highest BCUT2D eigenvalue weighted by Gasteiger charge is 2.61. The van der Waals surface area contributed by atoms with Crippen molar-refractivity contribution in [2.75, 3.05) is 13.2 Å². The molecule has 0 aromatic heterocycles. The highest BCUT2D eigenvalue weighted by Crippen LogP contribution is 2.48. The fourth-order valence-electron chi connectivity index (χ4n) is 1.79. The zero-order valence-corrected chi connectivity index (χ0v) is 9.62. The molecule has 1 saturated heterocycles. The van der Waals surface area contributed by atoms with E-state index in [1.807, 2.05) is 0 Å². The maximum absolute atomic E-state index is 13.4. The molecule has 2 rings (SSSR count). The van der Waals surface area contributed by atoms with E-state index in [9.17, 15) is 17.6 Å². The van der Waals surface area contributed by atoms with E-state index in [0.717, 1.165) is 6.07 Å². The van der Waals surface area contributed by atoms with Gasteiger partial charge in [-0.3, -0.25) is 0 Å². The van der Waals surface area contributed by atoms with Crippen molar-refractivity contribution in [2.24, 2.45) is 0 Å². The molecule has 1 aromatic rings. The van der Waals surface area contributed by atoms with Crippen molar-refractivity contribution < 1.29 is 22.3 Å². The fourth-order valence-corrected chi connectivity index (χ4v) is 2.19. The van der Waals surface area contributed by atoms with Crippen molar-refractivity contribution >= 4 is 11.6 Å². The van der Waals surface area contributed by atoms with Gasteiger partial charge in [-0.2, -0.15) is 13.2 Å². The van der Waals surface area contributed by atoms with Crippen molar-refractivity contribution in [3.63, 3.8) is 0 Å². The molecule has 1 aliphatic heterocycles. The predicted octanol–water partition coefficient (Wildman–Crippen LogP) is 3.62. The SMILES string of the molecule is Cc1cc(Cl)c(C2(C(F)(F)F)COC2)cc1F. The van der Waals surface area contributed by atoms with E-state index in [4.69, 9.17) is 11.6 Å². The van der Waals surface area contributed by atoms with Gasteiger partial charge in [0.25, 0.3) is 0 Å². The lowest BCUT2D eigenvalue weighted by molar-refractivity contribution is -0.262. The van der Waals surface area contributed by atoms with Crippen LogP contribution in [0.2, 0.25) is 5.02 Å². The summed E-state index contributed by atoms with van der Waals surface area (Å²) >= 11 is 5.78. The number of benzene rings is 1. The molecule has 1 fully saturated rings. The number of ether oxygens (including phenoxy) is 1. The molecular weight excluding hydrogens is 260 g/mol. The number of alkyl halides is 3. The smallest absolute Gasteiger partial charge is 0.379 e. The van der Waals surface area contributed by atoms with Gasteiger partial charge in [-0.05, 0) is 30.2 Å². The van der Waals surface area contributed by atoms with Gasteiger partial charge in [-0.25, -0.2) is 4.39 Å². The minimum absolute atomic E-state index is 0.0791. The van der Waals surface area contributed by atoms with Crippen LogP contribution >= 0.6 is 11.6 Å². The minimum atomic E-state index is -4.50. The van der Waals surface area contributed by atoms with Crippen molar-refractivity contribution in [1.82, 2.24) is 0 Å². The molecule has 1 aromatic carbocycles. The second-order valence-corrected chi connectivity index (χ2v) is 4.56. The quantitative estimate of drug-likeness (QED) is 0.707. The molecule has 0 unspecified atom stereocenters. The predicted molar refractivity (Wildman–Crippen MR) is 54.7 cm³/mol. The van der Waals surface area contributed by atoms with Crippen LogP contribution in [0.3, 0.4) is 0 Å². The molecule has 1 heterocycles. The topological polar surface area (TPSA) is 9.23 Å². The summed E-state index contributed by atoms with van der Waals surface area (Å²) in [6.45, 7) is 0.417. The molecule has 0 spiro atoms. The Balaban J connectivity index is 2.56. The van der Waals surface area contributed by atoms with Crippen LogP contribution in [0.15, 0.2) is 12.1 Å². The molecule has 6 heteroatoms. The summed E-state index contributed by atoms with van der Waals surface area (Å²) in [6, 6.07) is 2.06. The van der Waals surface area contributed by atoms with E-state index in [-0.39, 0.29) is 16.1 Å². The zero-order chi connectivity index (χ0) is 12.8. The highest BCUT2D eigenvalue weighted by molar-refractivity contribution is 6.31. The average molecular weight is 269 g/mol. The summed E-state index contributed by atoms with van der Waals surface area (Å²) < 4.78 is 57.0. The summed E-state index contributed by atoms with van der Waals surface area (Å²) in [5.74, 6) is -0.695. The molecular formula is C11H9ClF4O. The fraction of sp³-hybridized carbons (Fsp3) is 0.455. The van der Waals surface area contributed by atoms with E-state index in [1.165, 1.54) is 13.0 Å². The van der Waals surface area contributed by atoms with Crippen LogP contribution in [0.4, 0.5) is 17.6 Å². The van der Waals surface area contributed by atoms with E-state index in [2.05, 4.69) is 4.74 Å². The third-order valence-electron chi connectivity index (χ3n) is 3.00. The molecule has 1 nitrogen and oxygen atoms in total.